The van der Waals surface area contributed by atoms with Crippen LogP contribution in [0.15, 0.2) is 53.3 Å². The zero-order chi connectivity index (χ0) is 11.0. The number of aromatic hydroxyl groups is 1. The number of nitrogens with zero attached hydrogens (tertiary/aromatic N) is 1. The lowest BCUT2D eigenvalue weighted by Gasteiger charge is -2.04. The van der Waals surface area contributed by atoms with E-state index in [9.17, 15) is 5.11 Å². The minimum atomic E-state index is 0.209. The fourth-order valence-electron chi connectivity index (χ4n) is 1.78. The molecule has 1 N–H and O–H groups in total. The van der Waals surface area contributed by atoms with Crippen LogP contribution in [0.2, 0.25) is 0 Å². The first-order valence-electron chi connectivity index (χ1n) is 4.97. The van der Waals surface area contributed by atoms with E-state index in [0.29, 0.717) is 11.5 Å². The summed E-state index contributed by atoms with van der Waals surface area (Å²) in [5.74, 6) is 0.642. The predicted octanol–water partition coefficient (Wildman–Crippen LogP) is 3.20. The summed E-state index contributed by atoms with van der Waals surface area (Å²) in [4.78, 5) is 4.03. The molecule has 0 fully saturated rings. The number of hydrogen-bond donors (Lipinski definition) is 1. The third-order valence-electron chi connectivity index (χ3n) is 2.56. The van der Waals surface area contributed by atoms with E-state index in [-0.39, 0.29) is 5.75 Å². The van der Waals surface area contributed by atoms with Crippen molar-refractivity contribution in [2.24, 2.45) is 0 Å². The molecule has 1 aromatic heterocycles. The Morgan fingerprint density at radius 2 is 1.94 bits per heavy atom. The van der Waals surface area contributed by atoms with Gasteiger partial charge in [0.15, 0.2) is 0 Å². The number of hydrogen-bond acceptors (Lipinski definition) is 3. The van der Waals surface area contributed by atoms with E-state index in [1.807, 2.05) is 36.4 Å². The van der Waals surface area contributed by atoms with Gasteiger partial charge >= 0.3 is 0 Å². The van der Waals surface area contributed by atoms with Crippen molar-refractivity contribution in [1.29, 1.82) is 0 Å². The Kier molecular flexibility index (Phi) is 1.90. The summed E-state index contributed by atoms with van der Waals surface area (Å²) in [5, 5.41) is 11.9. The van der Waals surface area contributed by atoms with Gasteiger partial charge in [0.05, 0.1) is 11.8 Å². The molecule has 0 aliphatic heterocycles. The highest BCUT2D eigenvalue weighted by Gasteiger charge is 2.10. The van der Waals surface area contributed by atoms with Gasteiger partial charge in [-0.1, -0.05) is 30.3 Å². The Morgan fingerprint density at radius 1 is 1.06 bits per heavy atom. The predicted molar refractivity (Wildman–Crippen MR) is 61.1 cm³/mol. The van der Waals surface area contributed by atoms with Crippen molar-refractivity contribution in [2.75, 3.05) is 0 Å². The summed E-state index contributed by atoms with van der Waals surface area (Å²) in [6.45, 7) is 0. The van der Waals surface area contributed by atoms with Crippen molar-refractivity contribution >= 4 is 10.8 Å². The Hall–Kier alpha value is -2.29. The molecule has 0 spiro atoms. The van der Waals surface area contributed by atoms with Gasteiger partial charge in [0.25, 0.3) is 0 Å². The SMILES string of the molecule is Oc1c(-c2ncco2)ccc2ccccc12. The molecule has 0 saturated carbocycles. The van der Waals surface area contributed by atoms with Crippen molar-refractivity contribution in [3.63, 3.8) is 0 Å². The van der Waals surface area contributed by atoms with E-state index >= 15 is 0 Å². The Bertz CT molecular complexity index is 629. The minimum absolute atomic E-state index is 0.209. The second-order valence-corrected chi connectivity index (χ2v) is 3.52. The summed E-state index contributed by atoms with van der Waals surface area (Å²) in [5.41, 5.74) is 0.615. The molecule has 0 bridgehead atoms. The Labute approximate surface area is 92.0 Å². The Balaban J connectivity index is 2.32. The van der Waals surface area contributed by atoms with Gasteiger partial charge in [-0.25, -0.2) is 4.98 Å². The summed E-state index contributed by atoms with van der Waals surface area (Å²) in [6, 6.07) is 11.4. The zero-order valence-electron chi connectivity index (χ0n) is 8.42. The molecular weight excluding hydrogens is 202 g/mol. The molecule has 0 aliphatic rings. The minimum Gasteiger partial charge on any atom is -0.506 e. The molecule has 2 aromatic carbocycles. The van der Waals surface area contributed by atoms with Crippen molar-refractivity contribution in [3.8, 4) is 17.2 Å². The molecule has 16 heavy (non-hydrogen) atoms. The van der Waals surface area contributed by atoms with Gasteiger partial charge in [0.1, 0.15) is 12.0 Å². The highest BCUT2D eigenvalue weighted by atomic mass is 16.3. The van der Waals surface area contributed by atoms with E-state index in [2.05, 4.69) is 4.98 Å². The molecule has 3 aromatic rings. The fourth-order valence-corrected chi connectivity index (χ4v) is 1.78. The number of phenolic OH excluding ortho intramolecular Hbond substituents is 1. The normalized spacial score (nSPS) is 10.8. The van der Waals surface area contributed by atoms with Crippen LogP contribution in [-0.4, -0.2) is 10.1 Å². The molecule has 0 radical (unpaired) electrons. The van der Waals surface area contributed by atoms with Crippen LogP contribution in [0.4, 0.5) is 0 Å². The molecule has 78 valence electrons. The molecule has 3 rings (SSSR count). The van der Waals surface area contributed by atoms with Gasteiger partial charge in [-0.15, -0.1) is 0 Å². The molecule has 3 nitrogen and oxygen atoms in total. The second-order valence-electron chi connectivity index (χ2n) is 3.52. The average Bonchev–Trinajstić information content (AvgIpc) is 2.83. The highest BCUT2D eigenvalue weighted by molar-refractivity contribution is 5.93. The molecule has 0 aliphatic carbocycles. The maximum Gasteiger partial charge on any atom is 0.229 e. The average molecular weight is 211 g/mol. The number of oxazole rings is 1. The summed E-state index contributed by atoms with van der Waals surface area (Å²) in [6.07, 6.45) is 3.05. The topological polar surface area (TPSA) is 46.3 Å². The molecule has 0 saturated heterocycles. The van der Waals surface area contributed by atoms with Crippen molar-refractivity contribution in [1.82, 2.24) is 4.98 Å². The van der Waals surface area contributed by atoms with Gasteiger partial charge < -0.3 is 9.52 Å². The van der Waals surface area contributed by atoms with Gasteiger partial charge in [0, 0.05) is 5.39 Å². The standard InChI is InChI=1S/C13H9NO2/c15-12-10-4-2-1-3-9(10)5-6-11(12)13-14-7-8-16-13/h1-8,15H. The zero-order valence-corrected chi connectivity index (χ0v) is 8.42. The first-order chi connectivity index (χ1) is 7.86. The van der Waals surface area contributed by atoms with Crippen LogP contribution in [0.5, 0.6) is 5.75 Å². The highest BCUT2D eigenvalue weighted by Crippen LogP contribution is 2.34. The van der Waals surface area contributed by atoms with Gasteiger partial charge in [-0.2, -0.15) is 0 Å². The first kappa shape index (κ1) is 8.97. The van der Waals surface area contributed by atoms with E-state index in [1.165, 1.54) is 6.26 Å². The second kappa shape index (κ2) is 3.38. The van der Waals surface area contributed by atoms with Crippen LogP contribution >= 0.6 is 0 Å². The molecule has 0 atom stereocenters. The summed E-state index contributed by atoms with van der Waals surface area (Å²) >= 11 is 0. The monoisotopic (exact) mass is 211 g/mol. The maximum atomic E-state index is 10.1. The lowest BCUT2D eigenvalue weighted by Crippen LogP contribution is -1.81. The molecule has 0 amide bonds. The molecule has 1 heterocycles. The summed E-state index contributed by atoms with van der Waals surface area (Å²) < 4.78 is 5.18. The van der Waals surface area contributed by atoms with E-state index in [1.54, 1.807) is 6.20 Å². The van der Waals surface area contributed by atoms with Crippen LogP contribution < -0.4 is 0 Å². The van der Waals surface area contributed by atoms with Crippen LogP contribution in [0.3, 0.4) is 0 Å². The lowest BCUT2D eigenvalue weighted by atomic mass is 10.1. The molecular formula is C13H9NO2. The van der Waals surface area contributed by atoms with Crippen molar-refractivity contribution in [3.05, 3.63) is 48.9 Å². The van der Waals surface area contributed by atoms with Crippen LogP contribution in [0, 0.1) is 0 Å². The van der Waals surface area contributed by atoms with Gasteiger partial charge in [-0.05, 0) is 11.5 Å². The number of benzene rings is 2. The van der Waals surface area contributed by atoms with Crippen LogP contribution in [-0.2, 0) is 0 Å². The first-order valence-corrected chi connectivity index (χ1v) is 4.97. The fraction of sp³-hybridized carbons (Fsp3) is 0. The third kappa shape index (κ3) is 1.26. The van der Waals surface area contributed by atoms with E-state index in [4.69, 9.17) is 4.42 Å². The van der Waals surface area contributed by atoms with E-state index < -0.39 is 0 Å². The number of fused-ring (bicyclic) bond motifs is 1. The number of phenols is 1. The lowest BCUT2D eigenvalue weighted by molar-refractivity contribution is 0.479. The number of rotatable bonds is 1. The quantitative estimate of drug-likeness (QED) is 0.672. The third-order valence-corrected chi connectivity index (χ3v) is 2.56. The van der Waals surface area contributed by atoms with Crippen LogP contribution in [0.1, 0.15) is 0 Å². The molecule has 3 heteroatoms. The van der Waals surface area contributed by atoms with Crippen molar-refractivity contribution < 1.29 is 9.52 Å². The maximum absolute atomic E-state index is 10.1. The smallest absolute Gasteiger partial charge is 0.229 e. The van der Waals surface area contributed by atoms with Crippen LogP contribution in [0.25, 0.3) is 22.2 Å². The van der Waals surface area contributed by atoms with Crippen molar-refractivity contribution in [2.45, 2.75) is 0 Å². The Morgan fingerprint density at radius 3 is 2.75 bits per heavy atom. The number of aromatic nitrogens is 1. The van der Waals surface area contributed by atoms with Gasteiger partial charge in [-0.3, -0.25) is 0 Å². The molecule has 0 unspecified atom stereocenters. The summed E-state index contributed by atoms with van der Waals surface area (Å²) in [7, 11) is 0. The largest absolute Gasteiger partial charge is 0.506 e. The van der Waals surface area contributed by atoms with Gasteiger partial charge in [0.2, 0.25) is 5.89 Å². The van der Waals surface area contributed by atoms with E-state index in [0.717, 1.165) is 10.8 Å².